The van der Waals surface area contributed by atoms with Crippen LogP contribution in [0, 0.1) is 5.41 Å². The standard InChI is InChI=1S/C19H24N4O3S/c1-21-15(4-2-5-16(21)24)17(25)22-8-3-6-19(12-22)13-23(9-10-26-14-19)18-20-7-11-27-18/h2,4-5,7,11H,3,6,8-10,12-14H2,1H3. The normalized spacial score (nSPS) is 23.4. The molecule has 0 saturated carbocycles. The van der Waals surface area contributed by atoms with Gasteiger partial charge >= 0.3 is 0 Å². The number of likely N-dealkylation sites (tertiary alicyclic amines) is 1. The van der Waals surface area contributed by atoms with Crippen molar-refractivity contribution in [2.24, 2.45) is 12.5 Å². The quantitative estimate of drug-likeness (QED) is 0.782. The van der Waals surface area contributed by atoms with Crippen molar-refractivity contribution in [1.82, 2.24) is 14.5 Å². The van der Waals surface area contributed by atoms with Crippen molar-refractivity contribution in [3.05, 3.63) is 45.8 Å². The first kappa shape index (κ1) is 18.2. The molecule has 2 fully saturated rings. The SMILES string of the molecule is Cn1c(C(=O)N2CCCC3(COCCN(c4nccs4)C3)C2)cccc1=O. The molecule has 2 saturated heterocycles. The highest BCUT2D eigenvalue weighted by molar-refractivity contribution is 7.13. The minimum Gasteiger partial charge on any atom is -0.379 e. The van der Waals surface area contributed by atoms with E-state index in [1.165, 1.54) is 10.6 Å². The molecule has 4 rings (SSSR count). The maximum atomic E-state index is 13.1. The molecule has 2 aromatic heterocycles. The van der Waals surface area contributed by atoms with Gasteiger partial charge in [-0.1, -0.05) is 6.07 Å². The number of nitrogens with zero attached hydrogens (tertiary/aromatic N) is 4. The Morgan fingerprint density at radius 2 is 2.19 bits per heavy atom. The van der Waals surface area contributed by atoms with E-state index in [9.17, 15) is 9.59 Å². The first-order valence-corrected chi connectivity index (χ1v) is 10.1. The van der Waals surface area contributed by atoms with Gasteiger partial charge in [0.25, 0.3) is 11.5 Å². The van der Waals surface area contributed by atoms with E-state index in [4.69, 9.17) is 4.74 Å². The fraction of sp³-hybridized carbons (Fsp3) is 0.526. The number of thiazole rings is 1. The third kappa shape index (κ3) is 3.64. The highest BCUT2D eigenvalue weighted by atomic mass is 32.1. The summed E-state index contributed by atoms with van der Waals surface area (Å²) in [4.78, 5) is 33.6. The van der Waals surface area contributed by atoms with Gasteiger partial charge in [-0.25, -0.2) is 4.98 Å². The molecule has 0 radical (unpaired) electrons. The molecule has 2 aliphatic heterocycles. The van der Waals surface area contributed by atoms with E-state index < -0.39 is 0 Å². The third-order valence-corrected chi connectivity index (χ3v) is 6.31. The molecule has 0 N–H and O–H groups in total. The summed E-state index contributed by atoms with van der Waals surface area (Å²) in [6.45, 7) is 4.31. The Kier molecular flexibility index (Phi) is 5.01. The van der Waals surface area contributed by atoms with E-state index in [0.29, 0.717) is 32.0 Å². The Morgan fingerprint density at radius 1 is 1.30 bits per heavy atom. The van der Waals surface area contributed by atoms with Gasteiger partial charge in [-0.2, -0.15) is 0 Å². The zero-order valence-electron chi connectivity index (χ0n) is 15.5. The number of amides is 1. The van der Waals surface area contributed by atoms with Crippen LogP contribution in [0.2, 0.25) is 0 Å². The number of ether oxygens (including phenoxy) is 1. The maximum absolute atomic E-state index is 13.1. The Morgan fingerprint density at radius 3 is 3.00 bits per heavy atom. The highest BCUT2D eigenvalue weighted by Gasteiger charge is 2.41. The lowest BCUT2D eigenvalue weighted by atomic mass is 9.80. The van der Waals surface area contributed by atoms with Gasteiger partial charge in [0, 0.05) is 56.3 Å². The molecule has 1 unspecified atom stereocenters. The summed E-state index contributed by atoms with van der Waals surface area (Å²) in [6.07, 6.45) is 3.78. The van der Waals surface area contributed by atoms with Gasteiger partial charge in [0.2, 0.25) is 0 Å². The average Bonchev–Trinajstić information content (AvgIpc) is 3.14. The van der Waals surface area contributed by atoms with Gasteiger partial charge in [-0.15, -0.1) is 11.3 Å². The Hall–Kier alpha value is -2.19. The number of rotatable bonds is 2. The van der Waals surface area contributed by atoms with E-state index in [-0.39, 0.29) is 16.9 Å². The lowest BCUT2D eigenvalue weighted by molar-refractivity contribution is 0.0131. The molecule has 2 aliphatic rings. The van der Waals surface area contributed by atoms with Crippen LogP contribution in [-0.4, -0.2) is 59.8 Å². The molecule has 0 aromatic carbocycles. The molecule has 0 aliphatic carbocycles. The Labute approximate surface area is 162 Å². The van der Waals surface area contributed by atoms with E-state index in [1.807, 2.05) is 16.5 Å². The largest absolute Gasteiger partial charge is 0.379 e. The zero-order valence-corrected chi connectivity index (χ0v) is 16.3. The van der Waals surface area contributed by atoms with Crippen LogP contribution < -0.4 is 10.5 Å². The fourth-order valence-electron chi connectivity index (χ4n) is 4.10. The molecular formula is C19H24N4O3S. The van der Waals surface area contributed by atoms with Gasteiger partial charge in [0.05, 0.1) is 13.2 Å². The lowest BCUT2D eigenvalue weighted by Crippen LogP contribution is -2.52. The number of pyridine rings is 1. The summed E-state index contributed by atoms with van der Waals surface area (Å²) in [5.41, 5.74) is 0.162. The second-order valence-corrected chi connectivity index (χ2v) is 8.30. The molecule has 2 aromatic rings. The summed E-state index contributed by atoms with van der Waals surface area (Å²) in [5.74, 6) is -0.0840. The van der Waals surface area contributed by atoms with Crippen LogP contribution in [0.3, 0.4) is 0 Å². The van der Waals surface area contributed by atoms with E-state index in [0.717, 1.165) is 31.1 Å². The summed E-state index contributed by atoms with van der Waals surface area (Å²) >= 11 is 1.63. The number of carbonyl (C=O) groups excluding carboxylic acids is 1. The van der Waals surface area contributed by atoms with Crippen molar-refractivity contribution in [2.75, 3.05) is 44.3 Å². The number of piperidine rings is 1. The molecule has 4 heterocycles. The summed E-state index contributed by atoms with van der Waals surface area (Å²) in [6, 6.07) is 4.84. The number of anilines is 1. The third-order valence-electron chi connectivity index (χ3n) is 5.48. The van der Waals surface area contributed by atoms with Crippen LogP contribution in [0.25, 0.3) is 0 Å². The predicted octanol–water partition coefficient (Wildman–Crippen LogP) is 1.60. The van der Waals surface area contributed by atoms with Crippen molar-refractivity contribution < 1.29 is 9.53 Å². The van der Waals surface area contributed by atoms with Crippen molar-refractivity contribution in [2.45, 2.75) is 12.8 Å². The van der Waals surface area contributed by atoms with Crippen molar-refractivity contribution in [3.8, 4) is 0 Å². The molecular weight excluding hydrogens is 364 g/mol. The van der Waals surface area contributed by atoms with Gasteiger partial charge < -0.3 is 19.1 Å². The second kappa shape index (κ2) is 7.44. The van der Waals surface area contributed by atoms with Crippen LogP contribution in [0.15, 0.2) is 34.6 Å². The molecule has 1 amide bonds. The van der Waals surface area contributed by atoms with Gasteiger partial charge in [0.1, 0.15) is 5.69 Å². The highest BCUT2D eigenvalue weighted by Crippen LogP contribution is 2.35. The van der Waals surface area contributed by atoms with Gasteiger partial charge in [0.15, 0.2) is 5.13 Å². The molecule has 1 atom stereocenters. The smallest absolute Gasteiger partial charge is 0.270 e. The molecule has 0 bridgehead atoms. The predicted molar refractivity (Wildman–Crippen MR) is 104 cm³/mol. The molecule has 8 heteroatoms. The maximum Gasteiger partial charge on any atom is 0.270 e. The summed E-state index contributed by atoms with van der Waals surface area (Å²) in [7, 11) is 1.65. The van der Waals surface area contributed by atoms with Crippen molar-refractivity contribution in [3.63, 3.8) is 0 Å². The molecule has 144 valence electrons. The van der Waals surface area contributed by atoms with E-state index in [2.05, 4.69) is 9.88 Å². The minimum absolute atomic E-state index is 0.0840. The topological polar surface area (TPSA) is 67.7 Å². The van der Waals surface area contributed by atoms with Crippen LogP contribution in [0.4, 0.5) is 5.13 Å². The number of aromatic nitrogens is 2. The van der Waals surface area contributed by atoms with Crippen LogP contribution >= 0.6 is 11.3 Å². The molecule has 7 nitrogen and oxygen atoms in total. The van der Waals surface area contributed by atoms with Crippen LogP contribution in [0.1, 0.15) is 23.3 Å². The zero-order chi connectivity index (χ0) is 18.9. The lowest BCUT2D eigenvalue weighted by Gasteiger charge is -2.43. The van der Waals surface area contributed by atoms with Gasteiger partial charge in [-0.05, 0) is 18.9 Å². The number of hydrogen-bond donors (Lipinski definition) is 0. The molecule has 1 spiro atoms. The van der Waals surface area contributed by atoms with Gasteiger partial charge in [-0.3, -0.25) is 9.59 Å². The fourth-order valence-corrected chi connectivity index (χ4v) is 4.77. The number of hydrogen-bond acceptors (Lipinski definition) is 6. The average molecular weight is 388 g/mol. The van der Waals surface area contributed by atoms with Crippen LogP contribution in [0.5, 0.6) is 0 Å². The summed E-state index contributed by atoms with van der Waals surface area (Å²) < 4.78 is 7.36. The van der Waals surface area contributed by atoms with Crippen molar-refractivity contribution in [1.29, 1.82) is 0 Å². The van der Waals surface area contributed by atoms with E-state index >= 15 is 0 Å². The number of carbonyl (C=O) groups is 1. The Balaban J connectivity index is 1.56. The van der Waals surface area contributed by atoms with Crippen LogP contribution in [-0.2, 0) is 11.8 Å². The second-order valence-electron chi connectivity index (χ2n) is 7.43. The van der Waals surface area contributed by atoms with Crippen molar-refractivity contribution >= 4 is 22.4 Å². The van der Waals surface area contributed by atoms with E-state index in [1.54, 1.807) is 30.5 Å². The molecule has 27 heavy (non-hydrogen) atoms. The monoisotopic (exact) mass is 388 g/mol. The Bertz CT molecular complexity index is 866. The summed E-state index contributed by atoms with van der Waals surface area (Å²) in [5, 5.41) is 2.99. The first-order chi connectivity index (χ1) is 13.1. The first-order valence-electron chi connectivity index (χ1n) is 9.26. The minimum atomic E-state index is -0.166.